The summed E-state index contributed by atoms with van der Waals surface area (Å²) in [6, 6.07) is 6.92. The first kappa shape index (κ1) is 17.2. The molecule has 0 radical (unpaired) electrons. The van der Waals surface area contributed by atoms with Gasteiger partial charge in [0.05, 0.1) is 11.3 Å². The number of anilines is 1. The number of hydrogen-bond donors (Lipinski definition) is 1. The molecule has 0 bridgehead atoms. The molecule has 1 aromatic carbocycles. The summed E-state index contributed by atoms with van der Waals surface area (Å²) in [5, 5.41) is 2.77. The van der Waals surface area contributed by atoms with Crippen molar-refractivity contribution in [3.05, 3.63) is 29.8 Å². The van der Waals surface area contributed by atoms with Gasteiger partial charge >= 0.3 is 5.97 Å². The van der Waals surface area contributed by atoms with Crippen molar-refractivity contribution in [2.75, 3.05) is 11.5 Å². The molecule has 1 N–H and O–H groups in total. The number of rotatable bonds is 5. The summed E-state index contributed by atoms with van der Waals surface area (Å²) in [5.74, 6) is -1.55. The topological polar surface area (TPSA) is 96.0 Å². The molecule has 2 saturated carbocycles. The fourth-order valence-electron chi connectivity index (χ4n) is 4.26. The van der Waals surface area contributed by atoms with Gasteiger partial charge in [0.2, 0.25) is 11.6 Å². The Bertz CT molecular complexity index is 892. The zero-order valence-electron chi connectivity index (χ0n) is 15.3. The van der Waals surface area contributed by atoms with Crippen molar-refractivity contribution in [3.63, 3.8) is 0 Å². The molecule has 28 heavy (non-hydrogen) atoms. The highest BCUT2D eigenvalue weighted by molar-refractivity contribution is 6.15. The third kappa shape index (κ3) is 2.51. The van der Waals surface area contributed by atoms with Gasteiger partial charge in [0.1, 0.15) is 0 Å². The molecule has 8 heteroatoms. The standard InChI is InChI=1S/C20H21N3O5/c24-16(21-12-5-6-12)11-28-19(27)20-10-9-17(25)23(20)15-4-2-1-3-14(15)18(26)22(20)13-7-8-13/h1-4,12-13H,5-11H2,(H,21,24)/t20-/m1/s1. The Kier molecular flexibility index (Phi) is 3.72. The molecule has 0 aromatic heterocycles. The van der Waals surface area contributed by atoms with E-state index in [1.54, 1.807) is 24.3 Å². The van der Waals surface area contributed by atoms with E-state index in [4.69, 9.17) is 4.74 Å². The van der Waals surface area contributed by atoms with Crippen molar-refractivity contribution >= 4 is 29.4 Å². The van der Waals surface area contributed by atoms with Crippen LogP contribution in [0, 0.1) is 0 Å². The Labute approximate surface area is 161 Å². The van der Waals surface area contributed by atoms with Crippen LogP contribution in [0.25, 0.3) is 0 Å². The number of hydrogen-bond acceptors (Lipinski definition) is 5. The van der Waals surface area contributed by atoms with Gasteiger partial charge < -0.3 is 15.0 Å². The van der Waals surface area contributed by atoms with E-state index in [0.29, 0.717) is 11.3 Å². The number of carbonyl (C=O) groups excluding carboxylic acids is 4. The van der Waals surface area contributed by atoms with Gasteiger partial charge in [-0.25, -0.2) is 4.79 Å². The summed E-state index contributed by atoms with van der Waals surface area (Å²) in [6.07, 6.45) is 3.76. The lowest BCUT2D eigenvalue weighted by atomic mass is 9.96. The van der Waals surface area contributed by atoms with E-state index in [9.17, 15) is 19.2 Å². The molecule has 5 rings (SSSR count). The second-order valence-corrected chi connectivity index (χ2v) is 7.89. The van der Waals surface area contributed by atoms with Gasteiger partial charge in [-0.2, -0.15) is 0 Å². The second kappa shape index (κ2) is 6.05. The normalized spacial score (nSPS) is 26.0. The molecule has 4 aliphatic rings. The van der Waals surface area contributed by atoms with Crippen LogP contribution in [0.2, 0.25) is 0 Å². The zero-order valence-corrected chi connectivity index (χ0v) is 15.3. The molecule has 1 aromatic rings. The SMILES string of the molecule is O=C(COC(=O)[C@@]12CCC(=O)N1c1ccccc1C(=O)N2C1CC1)NC1CC1. The average Bonchev–Trinajstić information content (AvgIpc) is 3.61. The minimum absolute atomic E-state index is 0.0953. The number of carbonyl (C=O) groups is 4. The van der Waals surface area contributed by atoms with E-state index in [-0.39, 0.29) is 42.6 Å². The molecule has 1 atom stereocenters. The largest absolute Gasteiger partial charge is 0.452 e. The second-order valence-electron chi connectivity index (χ2n) is 7.89. The smallest absolute Gasteiger partial charge is 0.354 e. The highest BCUT2D eigenvalue weighted by atomic mass is 16.5. The van der Waals surface area contributed by atoms with Crippen LogP contribution in [-0.4, -0.2) is 52.9 Å². The first-order valence-corrected chi connectivity index (χ1v) is 9.75. The fraction of sp³-hybridized carbons (Fsp3) is 0.500. The lowest BCUT2D eigenvalue weighted by Gasteiger charge is -2.48. The van der Waals surface area contributed by atoms with Crippen LogP contribution < -0.4 is 10.2 Å². The van der Waals surface area contributed by atoms with Crippen molar-refractivity contribution in [1.82, 2.24) is 10.2 Å². The van der Waals surface area contributed by atoms with Gasteiger partial charge in [-0.05, 0) is 37.8 Å². The molecule has 3 fully saturated rings. The van der Waals surface area contributed by atoms with Crippen molar-refractivity contribution in [2.24, 2.45) is 0 Å². The summed E-state index contributed by atoms with van der Waals surface area (Å²) in [6.45, 7) is -0.409. The van der Waals surface area contributed by atoms with Gasteiger partial charge in [-0.15, -0.1) is 0 Å². The van der Waals surface area contributed by atoms with E-state index in [1.165, 1.54) is 9.80 Å². The Hall–Kier alpha value is -2.90. The minimum Gasteiger partial charge on any atom is -0.452 e. The zero-order chi connectivity index (χ0) is 19.5. The van der Waals surface area contributed by atoms with Crippen LogP contribution in [0.4, 0.5) is 5.69 Å². The maximum absolute atomic E-state index is 13.3. The minimum atomic E-state index is -1.50. The molecule has 0 spiro atoms. The molecule has 0 unspecified atom stereocenters. The van der Waals surface area contributed by atoms with Crippen molar-refractivity contribution in [2.45, 2.75) is 56.3 Å². The number of nitrogens with one attached hydrogen (secondary N) is 1. The van der Waals surface area contributed by atoms with E-state index >= 15 is 0 Å². The lowest BCUT2D eigenvalue weighted by Crippen LogP contribution is -2.69. The predicted molar refractivity (Wildman–Crippen MR) is 97.2 cm³/mol. The van der Waals surface area contributed by atoms with Gasteiger partial charge in [-0.1, -0.05) is 12.1 Å². The van der Waals surface area contributed by atoms with Gasteiger partial charge in [-0.3, -0.25) is 19.3 Å². The molecule has 2 aliphatic heterocycles. The highest BCUT2D eigenvalue weighted by Crippen LogP contribution is 2.49. The van der Waals surface area contributed by atoms with Crippen LogP contribution >= 0.6 is 0 Å². The first-order valence-electron chi connectivity index (χ1n) is 9.75. The van der Waals surface area contributed by atoms with Crippen LogP contribution in [0.3, 0.4) is 0 Å². The number of fused-ring (bicyclic) bond motifs is 3. The third-order valence-electron chi connectivity index (χ3n) is 5.82. The summed E-state index contributed by atoms with van der Waals surface area (Å²) in [7, 11) is 0. The number of para-hydroxylation sites is 1. The van der Waals surface area contributed by atoms with Gasteiger partial charge in [0.25, 0.3) is 11.8 Å². The van der Waals surface area contributed by atoms with Crippen molar-refractivity contribution in [1.29, 1.82) is 0 Å². The molecular formula is C20H21N3O5. The van der Waals surface area contributed by atoms with E-state index in [1.807, 2.05) is 0 Å². The van der Waals surface area contributed by atoms with Crippen molar-refractivity contribution in [3.8, 4) is 0 Å². The first-order chi connectivity index (χ1) is 13.5. The Morgan fingerprint density at radius 3 is 2.61 bits per heavy atom. The predicted octanol–water partition coefficient (Wildman–Crippen LogP) is 0.950. The number of benzene rings is 1. The quantitative estimate of drug-likeness (QED) is 0.764. The molecule has 146 valence electrons. The van der Waals surface area contributed by atoms with Crippen LogP contribution in [0.5, 0.6) is 0 Å². The lowest BCUT2D eigenvalue weighted by molar-refractivity contribution is -0.160. The number of amides is 3. The van der Waals surface area contributed by atoms with Crippen molar-refractivity contribution < 1.29 is 23.9 Å². The molecule has 2 heterocycles. The summed E-state index contributed by atoms with van der Waals surface area (Å²) >= 11 is 0. The van der Waals surface area contributed by atoms with Crippen LogP contribution in [0.15, 0.2) is 24.3 Å². The van der Waals surface area contributed by atoms with Gasteiger partial charge in [0, 0.05) is 24.9 Å². The van der Waals surface area contributed by atoms with Crippen LogP contribution in [-0.2, 0) is 19.1 Å². The third-order valence-corrected chi connectivity index (χ3v) is 5.82. The fourth-order valence-corrected chi connectivity index (χ4v) is 4.26. The Morgan fingerprint density at radius 2 is 1.89 bits per heavy atom. The molecule has 2 aliphatic carbocycles. The van der Waals surface area contributed by atoms with E-state index in [2.05, 4.69) is 5.32 Å². The van der Waals surface area contributed by atoms with Crippen LogP contribution in [0.1, 0.15) is 48.9 Å². The molecular weight excluding hydrogens is 362 g/mol. The maximum Gasteiger partial charge on any atom is 0.354 e. The molecule has 8 nitrogen and oxygen atoms in total. The highest BCUT2D eigenvalue weighted by Gasteiger charge is 2.64. The summed E-state index contributed by atoms with van der Waals surface area (Å²) in [4.78, 5) is 54.2. The Morgan fingerprint density at radius 1 is 1.14 bits per heavy atom. The van der Waals surface area contributed by atoms with Gasteiger partial charge in [0.15, 0.2) is 6.61 Å². The number of nitrogens with zero attached hydrogens (tertiary/aromatic N) is 2. The van der Waals surface area contributed by atoms with E-state index < -0.39 is 18.2 Å². The monoisotopic (exact) mass is 383 g/mol. The average molecular weight is 383 g/mol. The molecule has 1 saturated heterocycles. The summed E-state index contributed by atoms with van der Waals surface area (Å²) in [5.41, 5.74) is -0.644. The number of ether oxygens (including phenoxy) is 1. The number of esters is 1. The Balaban J connectivity index is 1.50. The summed E-state index contributed by atoms with van der Waals surface area (Å²) < 4.78 is 5.36. The maximum atomic E-state index is 13.3. The van der Waals surface area contributed by atoms with E-state index in [0.717, 1.165) is 25.7 Å². The molecule has 3 amide bonds.